The van der Waals surface area contributed by atoms with Gasteiger partial charge in [-0.1, -0.05) is 42.5 Å². The van der Waals surface area contributed by atoms with E-state index in [1.807, 2.05) is 49.4 Å². The second-order valence-corrected chi connectivity index (χ2v) is 6.73. The van der Waals surface area contributed by atoms with Gasteiger partial charge in [0.2, 0.25) is 0 Å². The summed E-state index contributed by atoms with van der Waals surface area (Å²) in [5.41, 5.74) is 3.00. The first kappa shape index (κ1) is 23.2. The van der Waals surface area contributed by atoms with E-state index in [9.17, 15) is 4.79 Å². The SMILES string of the molecule is CCNC(=NCc1cccc(NC(=O)C2CCCO2)c1)NCc1ccccc1.I. The summed E-state index contributed by atoms with van der Waals surface area (Å²) in [6, 6.07) is 18.0. The highest BCUT2D eigenvalue weighted by Crippen LogP contribution is 2.16. The first-order chi connectivity index (χ1) is 13.7. The van der Waals surface area contributed by atoms with Crippen molar-refractivity contribution in [3.8, 4) is 0 Å². The highest BCUT2D eigenvalue weighted by atomic mass is 127. The highest BCUT2D eigenvalue weighted by Gasteiger charge is 2.23. The molecule has 3 rings (SSSR count). The minimum atomic E-state index is -0.329. The number of hydrogen-bond donors (Lipinski definition) is 3. The third-order valence-corrected chi connectivity index (χ3v) is 4.48. The second-order valence-electron chi connectivity index (χ2n) is 6.73. The lowest BCUT2D eigenvalue weighted by atomic mass is 10.2. The molecule has 1 atom stereocenters. The number of hydrogen-bond acceptors (Lipinski definition) is 3. The molecular weight excluding hydrogens is 479 g/mol. The van der Waals surface area contributed by atoms with Gasteiger partial charge in [0.1, 0.15) is 6.10 Å². The Labute approximate surface area is 189 Å². The molecule has 2 aromatic rings. The van der Waals surface area contributed by atoms with E-state index in [2.05, 4.69) is 33.1 Å². The maximum absolute atomic E-state index is 12.2. The highest BCUT2D eigenvalue weighted by molar-refractivity contribution is 14.0. The van der Waals surface area contributed by atoms with Crippen LogP contribution in [0.15, 0.2) is 59.6 Å². The molecule has 7 heteroatoms. The topological polar surface area (TPSA) is 74.8 Å². The fraction of sp³-hybridized carbons (Fsp3) is 0.364. The normalized spacial score (nSPS) is 16.0. The van der Waals surface area contributed by atoms with Gasteiger partial charge in [-0.2, -0.15) is 0 Å². The largest absolute Gasteiger partial charge is 0.368 e. The number of rotatable bonds is 7. The van der Waals surface area contributed by atoms with Crippen LogP contribution in [0.3, 0.4) is 0 Å². The molecule has 1 fully saturated rings. The van der Waals surface area contributed by atoms with Gasteiger partial charge in [0.15, 0.2) is 5.96 Å². The molecule has 6 nitrogen and oxygen atoms in total. The van der Waals surface area contributed by atoms with E-state index in [1.54, 1.807) is 0 Å². The Balaban J connectivity index is 0.00000300. The van der Waals surface area contributed by atoms with Gasteiger partial charge in [-0.3, -0.25) is 4.79 Å². The van der Waals surface area contributed by atoms with Gasteiger partial charge in [0, 0.05) is 25.4 Å². The Hall–Kier alpha value is -2.13. The Kier molecular flexibility index (Phi) is 9.93. The Morgan fingerprint density at radius 1 is 1.10 bits per heavy atom. The zero-order valence-electron chi connectivity index (χ0n) is 16.7. The summed E-state index contributed by atoms with van der Waals surface area (Å²) >= 11 is 0. The van der Waals surface area contributed by atoms with Gasteiger partial charge in [-0.15, -0.1) is 24.0 Å². The number of carbonyl (C=O) groups is 1. The summed E-state index contributed by atoms with van der Waals surface area (Å²) in [5.74, 6) is 0.691. The minimum Gasteiger partial charge on any atom is -0.368 e. The van der Waals surface area contributed by atoms with Crippen molar-refractivity contribution in [2.75, 3.05) is 18.5 Å². The van der Waals surface area contributed by atoms with Crippen LogP contribution in [0.2, 0.25) is 0 Å². The molecular formula is C22H29IN4O2. The van der Waals surface area contributed by atoms with Gasteiger partial charge >= 0.3 is 0 Å². The van der Waals surface area contributed by atoms with Crippen LogP contribution >= 0.6 is 24.0 Å². The number of nitrogens with one attached hydrogen (secondary N) is 3. The lowest BCUT2D eigenvalue weighted by molar-refractivity contribution is -0.124. The van der Waals surface area contributed by atoms with Crippen LogP contribution < -0.4 is 16.0 Å². The standard InChI is InChI=1S/C22H28N4O2.HI/c1-2-23-22(24-15-17-8-4-3-5-9-17)25-16-18-10-6-11-19(14-18)26-21(27)20-12-7-13-28-20;/h3-6,8-11,14,20H,2,7,12-13,15-16H2,1H3,(H,26,27)(H2,23,24,25);1H. The van der Waals surface area contributed by atoms with Crippen LogP contribution in [-0.2, 0) is 22.6 Å². The first-order valence-corrected chi connectivity index (χ1v) is 9.82. The van der Waals surface area contributed by atoms with Crippen molar-refractivity contribution in [2.45, 2.75) is 39.0 Å². The Morgan fingerprint density at radius 2 is 1.90 bits per heavy atom. The van der Waals surface area contributed by atoms with Gasteiger partial charge in [0.25, 0.3) is 5.91 Å². The number of amides is 1. The predicted octanol–water partition coefficient (Wildman–Crippen LogP) is 3.68. The van der Waals surface area contributed by atoms with E-state index < -0.39 is 0 Å². The van der Waals surface area contributed by atoms with Gasteiger partial charge in [0.05, 0.1) is 6.54 Å². The van der Waals surface area contributed by atoms with Gasteiger partial charge in [-0.05, 0) is 43.0 Å². The van der Waals surface area contributed by atoms with Gasteiger partial charge < -0.3 is 20.7 Å². The summed E-state index contributed by atoms with van der Waals surface area (Å²) in [6.07, 6.45) is 1.40. The van der Waals surface area contributed by atoms with Crippen LogP contribution in [0.1, 0.15) is 30.9 Å². The number of halogens is 1. The van der Waals surface area contributed by atoms with E-state index in [0.29, 0.717) is 19.7 Å². The van der Waals surface area contributed by atoms with E-state index in [1.165, 1.54) is 5.56 Å². The lowest BCUT2D eigenvalue weighted by Crippen LogP contribution is -2.36. The number of benzene rings is 2. The molecule has 0 radical (unpaired) electrons. The summed E-state index contributed by atoms with van der Waals surface area (Å²) in [6.45, 7) is 4.73. The minimum absolute atomic E-state index is 0. The zero-order chi connectivity index (χ0) is 19.6. The number of carbonyl (C=O) groups excluding carboxylic acids is 1. The molecule has 0 saturated carbocycles. The third kappa shape index (κ3) is 7.66. The summed E-state index contributed by atoms with van der Waals surface area (Å²) in [5, 5.41) is 9.54. The van der Waals surface area contributed by atoms with Gasteiger partial charge in [-0.25, -0.2) is 4.99 Å². The zero-order valence-corrected chi connectivity index (χ0v) is 19.0. The maximum Gasteiger partial charge on any atom is 0.253 e. The van der Waals surface area contributed by atoms with Crippen molar-refractivity contribution in [3.05, 3.63) is 65.7 Å². The molecule has 156 valence electrons. The number of ether oxygens (including phenoxy) is 1. The molecule has 1 aliphatic heterocycles. The number of guanidine groups is 1. The fourth-order valence-corrected chi connectivity index (χ4v) is 3.05. The predicted molar refractivity (Wildman–Crippen MR) is 128 cm³/mol. The van der Waals surface area contributed by atoms with Crippen LogP contribution in [-0.4, -0.2) is 31.1 Å². The smallest absolute Gasteiger partial charge is 0.253 e. The summed E-state index contributed by atoms with van der Waals surface area (Å²) < 4.78 is 5.44. The molecule has 1 unspecified atom stereocenters. The second kappa shape index (κ2) is 12.4. The van der Waals surface area contributed by atoms with Crippen LogP contribution in [0.25, 0.3) is 0 Å². The molecule has 3 N–H and O–H groups in total. The van der Waals surface area contributed by atoms with E-state index >= 15 is 0 Å². The molecule has 1 heterocycles. The molecule has 0 aliphatic carbocycles. The van der Waals surface area contributed by atoms with Crippen molar-refractivity contribution in [1.82, 2.24) is 10.6 Å². The molecule has 29 heavy (non-hydrogen) atoms. The van der Waals surface area contributed by atoms with Crippen molar-refractivity contribution in [2.24, 2.45) is 4.99 Å². The monoisotopic (exact) mass is 508 g/mol. The third-order valence-electron chi connectivity index (χ3n) is 4.48. The molecule has 2 aromatic carbocycles. The molecule has 0 spiro atoms. The van der Waals surface area contributed by atoms with E-state index in [-0.39, 0.29) is 36.0 Å². The van der Waals surface area contributed by atoms with E-state index in [0.717, 1.165) is 36.6 Å². The van der Waals surface area contributed by atoms with Crippen molar-refractivity contribution in [3.63, 3.8) is 0 Å². The molecule has 1 amide bonds. The maximum atomic E-state index is 12.2. The van der Waals surface area contributed by atoms with Crippen LogP contribution in [0, 0.1) is 0 Å². The quantitative estimate of drug-likeness (QED) is 0.303. The van der Waals surface area contributed by atoms with Crippen molar-refractivity contribution in [1.29, 1.82) is 0 Å². The van der Waals surface area contributed by atoms with Crippen LogP contribution in [0.5, 0.6) is 0 Å². The number of aliphatic imine (C=N–C) groups is 1. The van der Waals surface area contributed by atoms with Crippen molar-refractivity contribution >= 4 is 41.5 Å². The molecule has 0 bridgehead atoms. The Bertz CT molecular complexity index is 792. The fourth-order valence-electron chi connectivity index (χ4n) is 3.05. The van der Waals surface area contributed by atoms with Crippen LogP contribution in [0.4, 0.5) is 5.69 Å². The number of anilines is 1. The average molecular weight is 508 g/mol. The molecule has 1 aliphatic rings. The van der Waals surface area contributed by atoms with E-state index in [4.69, 9.17) is 4.74 Å². The number of nitrogens with zero attached hydrogens (tertiary/aromatic N) is 1. The summed E-state index contributed by atoms with van der Waals surface area (Å²) in [4.78, 5) is 16.9. The average Bonchev–Trinajstić information content (AvgIpc) is 3.26. The Morgan fingerprint density at radius 3 is 2.62 bits per heavy atom. The molecule has 1 saturated heterocycles. The first-order valence-electron chi connectivity index (χ1n) is 9.82. The lowest BCUT2D eigenvalue weighted by Gasteiger charge is -2.12. The summed E-state index contributed by atoms with van der Waals surface area (Å²) in [7, 11) is 0. The molecule has 0 aromatic heterocycles. The van der Waals surface area contributed by atoms with Crippen molar-refractivity contribution < 1.29 is 9.53 Å².